The van der Waals surface area contributed by atoms with Crippen LogP contribution < -0.4 is 0 Å². The summed E-state index contributed by atoms with van der Waals surface area (Å²) in [5, 5.41) is 10.3. The Bertz CT molecular complexity index is 933. The van der Waals surface area contributed by atoms with Crippen LogP contribution in [0.15, 0.2) is 23.8 Å². The number of esters is 1. The van der Waals surface area contributed by atoms with Crippen molar-refractivity contribution in [2.24, 2.45) is 28.6 Å². The fourth-order valence-electron chi connectivity index (χ4n) is 7.87. The van der Waals surface area contributed by atoms with Crippen LogP contribution in [0.3, 0.4) is 0 Å². The quantitative estimate of drug-likeness (QED) is 0.610. The molecule has 3 saturated carbocycles. The molecule has 1 N–H and O–H groups in total. The number of thioether (sulfide) groups is 1. The van der Waals surface area contributed by atoms with E-state index in [-0.39, 0.29) is 24.0 Å². The number of carbonyl (C=O) groups is 2. The lowest BCUT2D eigenvalue weighted by atomic mass is 9.45. The second-order valence-electron chi connectivity index (χ2n) is 10.7. The van der Waals surface area contributed by atoms with Crippen LogP contribution in [0, 0.1) is 28.6 Å². The predicted molar refractivity (Wildman–Crippen MR) is 115 cm³/mol. The fraction of sp³-hybridized carbons (Fsp3) is 0.750. The summed E-state index contributed by atoms with van der Waals surface area (Å²) in [7, 11) is 0. The number of fused-ring (bicyclic) bond motifs is 6. The number of cyclic esters (lactones) is 1. The Morgan fingerprint density at radius 1 is 1.23 bits per heavy atom. The Morgan fingerprint density at radius 2 is 1.94 bits per heavy atom. The van der Waals surface area contributed by atoms with Gasteiger partial charge in [0.25, 0.3) is 5.12 Å². The minimum absolute atomic E-state index is 0.110. The number of ether oxygens (including phenoxy) is 2. The molecular formula is C24H31FO5S. The lowest BCUT2D eigenvalue weighted by Gasteiger charge is -2.62. The standard InChI is InChI=1S/C24H31FO5S/c1-13-10-17-16-7-6-14-11-15(26)8-9-20(14,2)23(16,25)18(27)12-21(17,3)24(13)19(28)29-22(4,30-24)31-5/h8-9,11,13,16-18,27H,6-7,10,12H2,1-5H3/t13-,16-,17-,18-,20-,21-,22?,23-,24-/m0/s1. The average molecular weight is 451 g/mol. The van der Waals surface area contributed by atoms with Gasteiger partial charge in [-0.25, -0.2) is 9.18 Å². The molecule has 4 fully saturated rings. The molecule has 5 rings (SSSR count). The smallest absolute Gasteiger partial charge is 0.342 e. The zero-order valence-electron chi connectivity index (χ0n) is 18.7. The van der Waals surface area contributed by atoms with E-state index in [4.69, 9.17) is 9.47 Å². The van der Waals surface area contributed by atoms with E-state index in [1.807, 2.05) is 20.1 Å². The fourth-order valence-corrected chi connectivity index (χ4v) is 8.24. The third-order valence-corrected chi connectivity index (χ3v) is 10.4. The largest absolute Gasteiger partial charge is 0.421 e. The highest BCUT2D eigenvalue weighted by atomic mass is 32.2. The van der Waals surface area contributed by atoms with Gasteiger partial charge >= 0.3 is 5.97 Å². The molecule has 0 aromatic rings. The Morgan fingerprint density at radius 3 is 2.58 bits per heavy atom. The summed E-state index contributed by atoms with van der Waals surface area (Å²) in [5.41, 5.74) is -4.13. The summed E-state index contributed by atoms with van der Waals surface area (Å²) >= 11 is 1.33. The SMILES string of the molecule is CSC1(C)OC(=O)[C@@]2(O1)[C@@H](C)C[C@H]1[C@@H]3CCC4=CC(=O)C=C[C@]4(C)[C@@]3(F)[C@@H](O)C[C@@]12C. The number of aliphatic hydroxyl groups excluding tert-OH is 1. The molecule has 0 bridgehead atoms. The number of alkyl halides is 1. The molecule has 170 valence electrons. The topological polar surface area (TPSA) is 72.8 Å². The number of rotatable bonds is 1. The molecule has 31 heavy (non-hydrogen) atoms. The first-order valence-electron chi connectivity index (χ1n) is 11.2. The number of allylic oxidation sites excluding steroid dienone is 4. The van der Waals surface area contributed by atoms with Gasteiger partial charge in [0.15, 0.2) is 17.1 Å². The molecule has 0 radical (unpaired) electrons. The van der Waals surface area contributed by atoms with Gasteiger partial charge in [0.1, 0.15) is 0 Å². The van der Waals surface area contributed by atoms with E-state index in [9.17, 15) is 14.7 Å². The van der Waals surface area contributed by atoms with Crippen molar-refractivity contribution in [3.8, 4) is 0 Å². The number of hydrogen-bond acceptors (Lipinski definition) is 6. The first-order chi connectivity index (χ1) is 14.4. The molecule has 1 spiro atoms. The normalized spacial score (nSPS) is 55.5. The van der Waals surface area contributed by atoms with Gasteiger partial charge in [-0.2, -0.15) is 0 Å². The summed E-state index contributed by atoms with van der Waals surface area (Å²) in [6.07, 6.45) is 7.06. The van der Waals surface area contributed by atoms with Crippen LogP contribution >= 0.6 is 11.8 Å². The molecule has 4 aliphatic carbocycles. The first-order valence-corrected chi connectivity index (χ1v) is 12.4. The molecular weight excluding hydrogens is 419 g/mol. The number of ketones is 1. The number of carbonyl (C=O) groups excluding carboxylic acids is 2. The van der Waals surface area contributed by atoms with Crippen LogP contribution in [0.2, 0.25) is 0 Å². The summed E-state index contributed by atoms with van der Waals surface area (Å²) < 4.78 is 29.3. The van der Waals surface area contributed by atoms with Crippen molar-refractivity contribution in [1.82, 2.24) is 0 Å². The second-order valence-corrected chi connectivity index (χ2v) is 11.8. The molecule has 0 amide bonds. The Hall–Kier alpha value is -1.18. The number of halogens is 1. The van der Waals surface area contributed by atoms with Crippen LogP contribution in [0.1, 0.15) is 53.4 Å². The van der Waals surface area contributed by atoms with Crippen molar-refractivity contribution in [2.75, 3.05) is 6.26 Å². The van der Waals surface area contributed by atoms with Gasteiger partial charge in [0.05, 0.1) is 6.10 Å². The number of hydrogen-bond donors (Lipinski definition) is 1. The van der Waals surface area contributed by atoms with Crippen molar-refractivity contribution < 1.29 is 28.6 Å². The molecule has 9 atom stereocenters. The van der Waals surface area contributed by atoms with Crippen LogP contribution in [0.5, 0.6) is 0 Å². The van der Waals surface area contributed by atoms with Crippen molar-refractivity contribution in [3.63, 3.8) is 0 Å². The van der Waals surface area contributed by atoms with Gasteiger partial charge in [-0.05, 0) is 62.9 Å². The molecule has 1 heterocycles. The van der Waals surface area contributed by atoms with E-state index in [1.165, 1.54) is 23.9 Å². The van der Waals surface area contributed by atoms with Crippen molar-refractivity contribution in [1.29, 1.82) is 0 Å². The summed E-state index contributed by atoms with van der Waals surface area (Å²) in [4.78, 5) is 25.3. The van der Waals surface area contributed by atoms with E-state index in [0.717, 1.165) is 5.57 Å². The van der Waals surface area contributed by atoms with Crippen LogP contribution in [-0.4, -0.2) is 45.6 Å². The summed E-state index contributed by atoms with van der Waals surface area (Å²) in [6.45, 7) is 7.51. The highest BCUT2D eigenvalue weighted by Gasteiger charge is 2.79. The highest BCUT2D eigenvalue weighted by molar-refractivity contribution is 7.99. The average Bonchev–Trinajstić information content (AvgIpc) is 3.10. The maximum atomic E-state index is 17.2. The van der Waals surface area contributed by atoms with Gasteiger partial charge < -0.3 is 14.6 Å². The van der Waals surface area contributed by atoms with Gasteiger partial charge in [-0.1, -0.05) is 37.3 Å². The Labute approximate surface area is 186 Å². The molecule has 1 unspecified atom stereocenters. The third-order valence-electron chi connectivity index (χ3n) is 9.48. The van der Waals surface area contributed by atoms with E-state index in [2.05, 4.69) is 0 Å². The van der Waals surface area contributed by atoms with Crippen molar-refractivity contribution >= 4 is 23.5 Å². The lowest BCUT2D eigenvalue weighted by molar-refractivity contribution is -0.228. The van der Waals surface area contributed by atoms with E-state index in [0.29, 0.717) is 19.3 Å². The van der Waals surface area contributed by atoms with Gasteiger partial charge in [0.2, 0.25) is 0 Å². The van der Waals surface area contributed by atoms with Gasteiger partial charge in [0, 0.05) is 23.7 Å². The molecule has 0 aromatic heterocycles. The maximum absolute atomic E-state index is 17.2. The minimum atomic E-state index is -1.91. The van der Waals surface area contributed by atoms with Gasteiger partial charge in [-0.3, -0.25) is 4.79 Å². The first kappa shape index (κ1) is 21.7. The molecule has 1 aliphatic heterocycles. The molecule has 5 nitrogen and oxygen atoms in total. The Balaban J connectivity index is 1.62. The maximum Gasteiger partial charge on any atom is 0.342 e. The third kappa shape index (κ3) is 2.31. The van der Waals surface area contributed by atoms with E-state index < -0.39 is 45.2 Å². The van der Waals surface area contributed by atoms with Crippen molar-refractivity contribution in [3.05, 3.63) is 23.8 Å². The van der Waals surface area contributed by atoms with Crippen LogP contribution in [-0.2, 0) is 19.1 Å². The highest BCUT2D eigenvalue weighted by Crippen LogP contribution is 2.72. The van der Waals surface area contributed by atoms with Crippen LogP contribution in [0.4, 0.5) is 4.39 Å². The zero-order chi connectivity index (χ0) is 22.6. The number of aliphatic hydroxyl groups is 1. The van der Waals surface area contributed by atoms with E-state index >= 15 is 4.39 Å². The molecule has 7 heteroatoms. The van der Waals surface area contributed by atoms with Crippen LogP contribution in [0.25, 0.3) is 0 Å². The summed E-state index contributed by atoms with van der Waals surface area (Å²) in [6, 6.07) is 0. The summed E-state index contributed by atoms with van der Waals surface area (Å²) in [5.74, 6) is -1.27. The zero-order valence-corrected chi connectivity index (χ0v) is 19.6. The van der Waals surface area contributed by atoms with E-state index in [1.54, 1.807) is 19.9 Å². The monoisotopic (exact) mass is 450 g/mol. The molecule has 0 aromatic carbocycles. The Kier molecular flexibility index (Phi) is 4.35. The van der Waals surface area contributed by atoms with Gasteiger partial charge in [-0.15, -0.1) is 0 Å². The second kappa shape index (κ2) is 6.23. The lowest BCUT2D eigenvalue weighted by Crippen LogP contribution is -2.69. The molecule has 1 saturated heterocycles. The predicted octanol–water partition coefficient (Wildman–Crippen LogP) is 3.95. The molecule has 5 aliphatic rings. The van der Waals surface area contributed by atoms with Crippen molar-refractivity contribution in [2.45, 2.75) is 75.9 Å². The minimum Gasteiger partial charge on any atom is -0.421 e.